The Hall–Kier alpha value is -2.58. The number of hydrogen-bond donors (Lipinski definition) is 2. The van der Waals surface area contributed by atoms with E-state index < -0.39 is 32.5 Å². The summed E-state index contributed by atoms with van der Waals surface area (Å²) in [6.45, 7) is 0.0713. The van der Waals surface area contributed by atoms with Crippen LogP contribution in [0.5, 0.6) is 11.5 Å². The van der Waals surface area contributed by atoms with Gasteiger partial charge in [0.2, 0.25) is 6.79 Å². The zero-order chi connectivity index (χ0) is 17.8. The van der Waals surface area contributed by atoms with E-state index in [1.54, 1.807) is 36.4 Å². The number of rotatable bonds is 4. The zero-order valence-electron chi connectivity index (χ0n) is 13.0. The first-order chi connectivity index (χ1) is 11.9. The average molecular weight is 361 g/mol. The van der Waals surface area contributed by atoms with Crippen LogP contribution < -0.4 is 15.2 Å². The number of fused-ring (bicyclic) bond motifs is 1. The number of carbonyl (C=O) groups is 1. The zero-order valence-corrected chi connectivity index (χ0v) is 13.8. The number of benzene rings is 2. The molecule has 0 bridgehead atoms. The van der Waals surface area contributed by atoms with Gasteiger partial charge in [0.1, 0.15) is 10.8 Å². The summed E-state index contributed by atoms with van der Waals surface area (Å²) in [6, 6.07) is 12.6. The van der Waals surface area contributed by atoms with E-state index in [-0.39, 0.29) is 11.7 Å². The highest BCUT2D eigenvalue weighted by Gasteiger charge is 2.74. The fourth-order valence-electron chi connectivity index (χ4n) is 3.38. The Morgan fingerprint density at radius 2 is 1.80 bits per heavy atom. The number of hydrogen-bond acceptors (Lipinski definition) is 6. The van der Waals surface area contributed by atoms with Crippen molar-refractivity contribution in [2.45, 2.75) is 21.6 Å². The Labute approximate surface area is 143 Å². The number of ether oxygens (including phenoxy) is 2. The molecule has 1 fully saturated rings. The van der Waals surface area contributed by atoms with Crippen molar-refractivity contribution < 1.29 is 27.8 Å². The second kappa shape index (κ2) is 5.21. The van der Waals surface area contributed by atoms with E-state index in [9.17, 15) is 18.3 Å². The molecule has 8 heteroatoms. The summed E-state index contributed by atoms with van der Waals surface area (Å²) in [5.74, 6) is -1.23. The van der Waals surface area contributed by atoms with Gasteiger partial charge in [0.15, 0.2) is 21.3 Å². The molecule has 1 saturated carbocycles. The maximum absolute atomic E-state index is 12.9. The van der Waals surface area contributed by atoms with Crippen LogP contribution in [-0.2, 0) is 14.6 Å². The molecule has 0 unspecified atom stereocenters. The molecule has 7 nitrogen and oxygen atoms in total. The van der Waals surface area contributed by atoms with E-state index >= 15 is 0 Å². The fourth-order valence-corrected chi connectivity index (χ4v) is 5.63. The minimum absolute atomic E-state index is 0.0549. The Morgan fingerprint density at radius 1 is 1.12 bits per heavy atom. The van der Waals surface area contributed by atoms with Crippen LogP contribution in [0.2, 0.25) is 0 Å². The van der Waals surface area contributed by atoms with Crippen LogP contribution in [0.4, 0.5) is 0 Å². The fraction of sp³-hybridized carbons (Fsp3) is 0.235. The van der Waals surface area contributed by atoms with Crippen LogP contribution >= 0.6 is 0 Å². The highest BCUT2D eigenvalue weighted by molar-refractivity contribution is 7.92. The van der Waals surface area contributed by atoms with Gasteiger partial charge < -0.3 is 20.3 Å². The van der Waals surface area contributed by atoms with Crippen molar-refractivity contribution in [2.75, 3.05) is 6.79 Å². The number of nitrogens with two attached hydrogens (primary N) is 1. The topological polar surface area (TPSA) is 116 Å². The predicted molar refractivity (Wildman–Crippen MR) is 87.3 cm³/mol. The van der Waals surface area contributed by atoms with Crippen molar-refractivity contribution in [1.29, 1.82) is 0 Å². The van der Waals surface area contributed by atoms with E-state index in [2.05, 4.69) is 0 Å². The highest BCUT2D eigenvalue weighted by Crippen LogP contribution is 2.56. The first-order valence-electron chi connectivity index (χ1n) is 7.57. The Morgan fingerprint density at radius 3 is 2.48 bits per heavy atom. The van der Waals surface area contributed by atoms with Gasteiger partial charge in [0.25, 0.3) is 0 Å². The van der Waals surface area contributed by atoms with Crippen molar-refractivity contribution in [3.05, 3.63) is 54.1 Å². The normalized spacial score (nSPS) is 27.1. The van der Waals surface area contributed by atoms with Gasteiger partial charge in [-0.2, -0.15) is 0 Å². The molecule has 25 heavy (non-hydrogen) atoms. The minimum atomic E-state index is -3.91. The van der Waals surface area contributed by atoms with Crippen molar-refractivity contribution >= 4 is 15.8 Å². The molecule has 2 aliphatic rings. The smallest absolute Gasteiger partial charge is 0.325 e. The van der Waals surface area contributed by atoms with Crippen LogP contribution in [0.15, 0.2) is 53.4 Å². The first-order valence-corrected chi connectivity index (χ1v) is 9.12. The van der Waals surface area contributed by atoms with Crippen LogP contribution in [0.3, 0.4) is 0 Å². The Kier molecular flexibility index (Phi) is 3.32. The summed E-state index contributed by atoms with van der Waals surface area (Å²) >= 11 is 0. The standard InChI is InChI=1S/C17H15NO6S/c18-17(16(19)20)14(10-6-7-12-13(8-10)24-9-23-12)15(17)25(21,22)11-4-2-1-3-5-11/h1-8,14-15H,9,18H2,(H,19,20)/t14-,15+,17+/m0/s1. The van der Waals surface area contributed by atoms with Gasteiger partial charge in [-0.1, -0.05) is 24.3 Å². The number of aliphatic carboxylic acids is 1. The SMILES string of the molecule is N[C@@]1(C(=O)O)[C@H](S(=O)(=O)c2ccccc2)[C@@H]1c1ccc2c(c1)OCO2. The number of sulfone groups is 1. The molecule has 3 atom stereocenters. The third-order valence-electron chi connectivity index (χ3n) is 4.71. The van der Waals surface area contributed by atoms with Crippen LogP contribution in [-0.4, -0.2) is 37.1 Å². The summed E-state index contributed by atoms with van der Waals surface area (Å²) in [7, 11) is -3.91. The van der Waals surface area contributed by atoms with E-state index in [1.165, 1.54) is 12.1 Å². The van der Waals surface area contributed by atoms with Gasteiger partial charge in [-0.15, -0.1) is 0 Å². The molecule has 2 aromatic rings. The molecule has 2 aromatic carbocycles. The van der Waals surface area contributed by atoms with Gasteiger partial charge in [-0.3, -0.25) is 4.79 Å². The lowest BCUT2D eigenvalue weighted by molar-refractivity contribution is -0.139. The van der Waals surface area contributed by atoms with Gasteiger partial charge in [-0.05, 0) is 29.8 Å². The lowest BCUT2D eigenvalue weighted by Crippen LogP contribution is -2.39. The molecule has 0 radical (unpaired) electrons. The van der Waals surface area contributed by atoms with Crippen molar-refractivity contribution in [3.63, 3.8) is 0 Å². The first kappa shape index (κ1) is 15.9. The van der Waals surface area contributed by atoms with Gasteiger partial charge in [0, 0.05) is 5.92 Å². The van der Waals surface area contributed by atoms with Crippen molar-refractivity contribution in [2.24, 2.45) is 5.73 Å². The highest BCUT2D eigenvalue weighted by atomic mass is 32.2. The molecule has 0 spiro atoms. The maximum Gasteiger partial charge on any atom is 0.325 e. The lowest BCUT2D eigenvalue weighted by atomic mass is 10.1. The summed E-state index contributed by atoms with van der Waals surface area (Å²) in [5, 5.41) is 8.32. The summed E-state index contributed by atoms with van der Waals surface area (Å²) in [6.07, 6.45) is 0. The van der Waals surface area contributed by atoms with Crippen LogP contribution in [0.25, 0.3) is 0 Å². The average Bonchev–Trinajstić information content (AvgIpc) is 3.01. The summed E-state index contributed by atoms with van der Waals surface area (Å²) in [4.78, 5) is 11.8. The van der Waals surface area contributed by atoms with Crippen molar-refractivity contribution in [3.8, 4) is 11.5 Å². The van der Waals surface area contributed by atoms with Gasteiger partial charge >= 0.3 is 5.97 Å². The number of carboxylic acid groups (broad SMARTS) is 1. The molecule has 0 aromatic heterocycles. The lowest BCUT2D eigenvalue weighted by Gasteiger charge is -2.06. The third kappa shape index (κ3) is 2.21. The molecular formula is C17H15NO6S. The molecule has 0 saturated heterocycles. The van der Waals surface area contributed by atoms with Gasteiger partial charge in [-0.25, -0.2) is 8.42 Å². The Bertz CT molecular complexity index is 958. The molecule has 4 rings (SSSR count). The number of carboxylic acids is 1. The quantitative estimate of drug-likeness (QED) is 0.839. The van der Waals surface area contributed by atoms with Gasteiger partial charge in [0.05, 0.1) is 4.90 Å². The summed E-state index contributed by atoms with van der Waals surface area (Å²) < 4.78 is 36.4. The second-order valence-electron chi connectivity index (χ2n) is 6.11. The van der Waals surface area contributed by atoms with Crippen LogP contribution in [0.1, 0.15) is 11.5 Å². The molecule has 1 heterocycles. The predicted octanol–water partition coefficient (Wildman–Crippen LogP) is 1.14. The summed E-state index contributed by atoms with van der Waals surface area (Å²) in [5.41, 5.74) is 4.64. The molecule has 130 valence electrons. The van der Waals surface area contributed by atoms with E-state index in [0.717, 1.165) is 0 Å². The maximum atomic E-state index is 12.9. The van der Waals surface area contributed by atoms with E-state index in [0.29, 0.717) is 17.1 Å². The molecule has 3 N–H and O–H groups in total. The molecule has 1 aliphatic heterocycles. The van der Waals surface area contributed by atoms with E-state index in [1.807, 2.05) is 0 Å². The third-order valence-corrected chi connectivity index (χ3v) is 6.97. The largest absolute Gasteiger partial charge is 0.480 e. The van der Waals surface area contributed by atoms with Crippen LogP contribution in [0, 0.1) is 0 Å². The second-order valence-corrected chi connectivity index (χ2v) is 8.18. The molecular weight excluding hydrogens is 346 g/mol. The van der Waals surface area contributed by atoms with Crippen molar-refractivity contribution in [1.82, 2.24) is 0 Å². The minimum Gasteiger partial charge on any atom is -0.480 e. The molecule has 0 amide bonds. The van der Waals surface area contributed by atoms with E-state index in [4.69, 9.17) is 15.2 Å². The monoisotopic (exact) mass is 361 g/mol. The molecule has 1 aliphatic carbocycles. The Balaban J connectivity index is 1.78.